The first-order chi connectivity index (χ1) is 9.56. The van der Waals surface area contributed by atoms with Crippen molar-refractivity contribution in [3.63, 3.8) is 0 Å². The van der Waals surface area contributed by atoms with Crippen LogP contribution in [0.25, 0.3) is 0 Å². The van der Waals surface area contributed by atoms with Crippen molar-refractivity contribution in [3.8, 4) is 5.75 Å². The Bertz CT molecular complexity index is 629. The maximum atomic E-state index is 13.5. The molecule has 0 saturated carbocycles. The smallest absolute Gasteiger partial charge is 0.262 e. The molecule has 20 heavy (non-hydrogen) atoms. The second-order valence-electron chi connectivity index (χ2n) is 4.36. The lowest BCUT2D eigenvalue weighted by molar-refractivity contribution is -0.118. The standard InChI is InChI=1S/C15H15FN2O2/c1-10-6-7-11(16)13(8-10)18-15(19)9-20-14-5-3-2-4-12(14)17/h2-8H,9,17H2,1H3,(H,18,19). The molecule has 4 nitrogen and oxygen atoms in total. The molecule has 0 aliphatic heterocycles. The van der Waals surface area contributed by atoms with Crippen LogP contribution < -0.4 is 15.8 Å². The fourth-order valence-electron chi connectivity index (χ4n) is 1.68. The van der Waals surface area contributed by atoms with Crippen molar-refractivity contribution in [1.82, 2.24) is 0 Å². The SMILES string of the molecule is Cc1ccc(F)c(NC(=O)COc2ccccc2N)c1. The van der Waals surface area contributed by atoms with Crippen molar-refractivity contribution < 1.29 is 13.9 Å². The van der Waals surface area contributed by atoms with Gasteiger partial charge in [-0.1, -0.05) is 18.2 Å². The van der Waals surface area contributed by atoms with Crippen LogP contribution in [-0.2, 0) is 4.79 Å². The second kappa shape index (κ2) is 6.06. The van der Waals surface area contributed by atoms with Crippen molar-refractivity contribution in [2.75, 3.05) is 17.7 Å². The molecule has 1 amide bonds. The van der Waals surface area contributed by atoms with Gasteiger partial charge in [-0.25, -0.2) is 4.39 Å². The van der Waals surface area contributed by atoms with Gasteiger partial charge in [-0.3, -0.25) is 4.79 Å². The summed E-state index contributed by atoms with van der Waals surface area (Å²) in [5.74, 6) is -0.506. The van der Waals surface area contributed by atoms with Gasteiger partial charge in [-0.05, 0) is 36.8 Å². The summed E-state index contributed by atoms with van der Waals surface area (Å²) in [7, 11) is 0. The first-order valence-corrected chi connectivity index (χ1v) is 6.09. The highest BCUT2D eigenvalue weighted by Gasteiger charge is 2.08. The highest BCUT2D eigenvalue weighted by molar-refractivity contribution is 5.92. The van der Waals surface area contributed by atoms with Gasteiger partial charge >= 0.3 is 0 Å². The molecule has 104 valence electrons. The Kier molecular flexibility index (Phi) is 4.20. The van der Waals surface area contributed by atoms with Crippen LogP contribution in [0.3, 0.4) is 0 Å². The molecule has 0 saturated heterocycles. The molecule has 0 atom stereocenters. The number of hydrogen-bond donors (Lipinski definition) is 2. The predicted molar refractivity (Wildman–Crippen MR) is 76.1 cm³/mol. The maximum absolute atomic E-state index is 13.5. The lowest BCUT2D eigenvalue weighted by atomic mass is 10.2. The molecule has 2 rings (SSSR count). The number of amides is 1. The number of aryl methyl sites for hydroxylation is 1. The van der Waals surface area contributed by atoms with Gasteiger partial charge in [-0.15, -0.1) is 0 Å². The summed E-state index contributed by atoms with van der Waals surface area (Å²) in [6.45, 7) is 1.58. The van der Waals surface area contributed by atoms with Crippen LogP contribution >= 0.6 is 0 Å². The van der Waals surface area contributed by atoms with Gasteiger partial charge in [0.25, 0.3) is 5.91 Å². The number of nitrogens with one attached hydrogen (secondary N) is 1. The Balaban J connectivity index is 1.96. The number of rotatable bonds is 4. The molecule has 0 aliphatic rings. The number of hydrogen-bond acceptors (Lipinski definition) is 3. The van der Waals surface area contributed by atoms with Crippen molar-refractivity contribution in [2.45, 2.75) is 6.92 Å². The Morgan fingerprint density at radius 1 is 1.30 bits per heavy atom. The normalized spacial score (nSPS) is 10.1. The van der Waals surface area contributed by atoms with E-state index >= 15 is 0 Å². The number of carbonyl (C=O) groups excluding carboxylic acids is 1. The lowest BCUT2D eigenvalue weighted by Crippen LogP contribution is -2.21. The summed E-state index contributed by atoms with van der Waals surface area (Å²) < 4.78 is 18.8. The summed E-state index contributed by atoms with van der Waals surface area (Å²) in [4.78, 5) is 11.7. The Morgan fingerprint density at radius 2 is 2.05 bits per heavy atom. The average molecular weight is 274 g/mol. The van der Waals surface area contributed by atoms with E-state index in [1.54, 1.807) is 36.4 Å². The number of carbonyl (C=O) groups is 1. The molecule has 0 radical (unpaired) electrons. The molecule has 0 spiro atoms. The second-order valence-corrected chi connectivity index (χ2v) is 4.36. The number of benzene rings is 2. The van der Waals surface area contributed by atoms with Crippen LogP contribution in [0.4, 0.5) is 15.8 Å². The fourth-order valence-corrected chi connectivity index (χ4v) is 1.68. The van der Waals surface area contributed by atoms with E-state index in [1.165, 1.54) is 6.07 Å². The topological polar surface area (TPSA) is 64.3 Å². The Labute approximate surface area is 116 Å². The number of nitrogens with two attached hydrogens (primary N) is 1. The van der Waals surface area contributed by atoms with Gasteiger partial charge in [0.2, 0.25) is 0 Å². The highest BCUT2D eigenvalue weighted by Crippen LogP contribution is 2.20. The molecular weight excluding hydrogens is 259 g/mol. The van der Waals surface area contributed by atoms with Crippen molar-refractivity contribution in [1.29, 1.82) is 0 Å². The minimum absolute atomic E-state index is 0.139. The van der Waals surface area contributed by atoms with Gasteiger partial charge in [0.15, 0.2) is 6.61 Å². The molecule has 0 aromatic heterocycles. The predicted octanol–water partition coefficient (Wildman–Crippen LogP) is 2.73. The zero-order valence-electron chi connectivity index (χ0n) is 11.0. The number of para-hydroxylation sites is 2. The molecule has 0 unspecified atom stereocenters. The third-order valence-electron chi connectivity index (χ3n) is 2.67. The van der Waals surface area contributed by atoms with Crippen LogP contribution in [0.1, 0.15) is 5.56 Å². The maximum Gasteiger partial charge on any atom is 0.262 e. The van der Waals surface area contributed by atoms with E-state index in [4.69, 9.17) is 10.5 Å². The average Bonchev–Trinajstić information content (AvgIpc) is 2.42. The summed E-state index contributed by atoms with van der Waals surface area (Å²) in [6, 6.07) is 11.4. The van der Waals surface area contributed by atoms with E-state index in [2.05, 4.69) is 5.32 Å². The molecular formula is C15H15FN2O2. The largest absolute Gasteiger partial charge is 0.482 e. The number of anilines is 2. The van der Waals surface area contributed by atoms with Gasteiger partial charge in [0.1, 0.15) is 11.6 Å². The number of ether oxygens (including phenoxy) is 1. The lowest BCUT2D eigenvalue weighted by Gasteiger charge is -2.10. The van der Waals surface area contributed by atoms with E-state index in [1.807, 2.05) is 6.92 Å². The Morgan fingerprint density at radius 3 is 2.80 bits per heavy atom. The molecule has 2 aromatic rings. The number of nitrogen functional groups attached to an aromatic ring is 1. The monoisotopic (exact) mass is 274 g/mol. The molecule has 0 fully saturated rings. The number of halogens is 1. The Hall–Kier alpha value is -2.56. The van der Waals surface area contributed by atoms with Crippen LogP contribution in [0.5, 0.6) is 5.75 Å². The van der Waals surface area contributed by atoms with Crippen LogP contribution in [0.2, 0.25) is 0 Å². The van der Waals surface area contributed by atoms with E-state index < -0.39 is 11.7 Å². The molecule has 0 bridgehead atoms. The van der Waals surface area contributed by atoms with Crippen molar-refractivity contribution >= 4 is 17.3 Å². The minimum atomic E-state index is -0.483. The van der Waals surface area contributed by atoms with Gasteiger partial charge in [0.05, 0.1) is 11.4 Å². The molecule has 2 aromatic carbocycles. The zero-order chi connectivity index (χ0) is 14.5. The van der Waals surface area contributed by atoms with Crippen LogP contribution in [0, 0.1) is 12.7 Å². The minimum Gasteiger partial charge on any atom is -0.482 e. The summed E-state index contributed by atoms with van der Waals surface area (Å²) in [5.41, 5.74) is 7.13. The quantitative estimate of drug-likeness (QED) is 0.842. The van der Waals surface area contributed by atoms with Crippen LogP contribution in [0.15, 0.2) is 42.5 Å². The third-order valence-corrected chi connectivity index (χ3v) is 2.67. The summed E-state index contributed by atoms with van der Waals surface area (Å²) >= 11 is 0. The third kappa shape index (κ3) is 3.47. The highest BCUT2D eigenvalue weighted by atomic mass is 19.1. The zero-order valence-corrected chi connectivity index (χ0v) is 11.0. The summed E-state index contributed by atoms with van der Waals surface area (Å²) in [6.07, 6.45) is 0. The van der Waals surface area contributed by atoms with E-state index in [0.29, 0.717) is 11.4 Å². The van der Waals surface area contributed by atoms with Crippen molar-refractivity contribution in [2.24, 2.45) is 0 Å². The molecule has 5 heteroatoms. The van der Waals surface area contributed by atoms with Gasteiger partial charge in [-0.2, -0.15) is 0 Å². The first-order valence-electron chi connectivity index (χ1n) is 6.09. The van der Waals surface area contributed by atoms with E-state index in [0.717, 1.165) is 5.56 Å². The molecule has 0 heterocycles. The first kappa shape index (κ1) is 13.9. The van der Waals surface area contributed by atoms with Crippen LogP contribution in [-0.4, -0.2) is 12.5 Å². The van der Waals surface area contributed by atoms with E-state index in [9.17, 15) is 9.18 Å². The molecule has 0 aliphatic carbocycles. The van der Waals surface area contributed by atoms with Gasteiger partial charge < -0.3 is 15.8 Å². The van der Waals surface area contributed by atoms with Gasteiger partial charge in [0, 0.05) is 0 Å². The summed E-state index contributed by atoms with van der Waals surface area (Å²) in [5, 5.41) is 2.46. The van der Waals surface area contributed by atoms with E-state index in [-0.39, 0.29) is 12.3 Å². The van der Waals surface area contributed by atoms with Crippen molar-refractivity contribution in [3.05, 3.63) is 53.8 Å². The fraction of sp³-hybridized carbons (Fsp3) is 0.133. The molecule has 3 N–H and O–H groups in total.